The molecule has 224 valence electrons. The van der Waals surface area contributed by atoms with Gasteiger partial charge in [0.1, 0.15) is 18.1 Å². The molecule has 0 fully saturated rings. The van der Waals surface area contributed by atoms with Crippen LogP contribution < -0.4 is 38.9 Å². The third-order valence-corrected chi connectivity index (χ3v) is 6.30. The minimum absolute atomic E-state index is 0.111. The van der Waals surface area contributed by atoms with Gasteiger partial charge in [-0.05, 0) is 36.8 Å². The molecule has 4 amide bonds. The lowest BCUT2D eigenvalue weighted by molar-refractivity contribution is -0.144. The number of hydrogen-bond donors (Lipinski definition) is 9. The molecule has 4 unspecified atom stereocenters. The van der Waals surface area contributed by atoms with E-state index < -0.39 is 66.1 Å². The van der Waals surface area contributed by atoms with E-state index in [-0.39, 0.29) is 25.3 Å². The van der Waals surface area contributed by atoms with E-state index >= 15 is 0 Å². The molecular formula is C26H39N9O6. The zero-order valence-electron chi connectivity index (χ0n) is 23.1. The molecule has 0 aliphatic heterocycles. The van der Waals surface area contributed by atoms with Gasteiger partial charge in [0.25, 0.3) is 0 Å². The highest BCUT2D eigenvalue weighted by molar-refractivity contribution is 5.95. The van der Waals surface area contributed by atoms with Crippen LogP contribution >= 0.6 is 0 Å². The van der Waals surface area contributed by atoms with Crippen LogP contribution in [0.25, 0.3) is 10.9 Å². The SMILES string of the molecule is CC(C)C(NC(=O)C(CCCN=C(N)N)NC(=O)C(N)Cc1c[nH]c2ccccc12)C(=O)NC(CC(N)=O)C(=O)O. The van der Waals surface area contributed by atoms with Crippen LogP contribution in [0, 0.1) is 5.92 Å². The maximum absolute atomic E-state index is 13.3. The first kappa shape index (κ1) is 32.6. The summed E-state index contributed by atoms with van der Waals surface area (Å²) < 4.78 is 0. The Hall–Kier alpha value is -4.66. The molecule has 4 atom stereocenters. The molecule has 0 spiro atoms. The van der Waals surface area contributed by atoms with Crippen LogP contribution in [0.3, 0.4) is 0 Å². The van der Waals surface area contributed by atoms with Crippen molar-refractivity contribution in [3.05, 3.63) is 36.0 Å². The molecule has 0 aliphatic carbocycles. The zero-order chi connectivity index (χ0) is 30.7. The number of amides is 4. The molecule has 1 heterocycles. The van der Waals surface area contributed by atoms with Gasteiger partial charge >= 0.3 is 5.97 Å². The van der Waals surface area contributed by atoms with E-state index in [1.165, 1.54) is 0 Å². The summed E-state index contributed by atoms with van der Waals surface area (Å²) in [7, 11) is 0. The number of carbonyl (C=O) groups is 5. The smallest absolute Gasteiger partial charge is 0.326 e. The Kier molecular flexibility index (Phi) is 12.1. The zero-order valence-corrected chi connectivity index (χ0v) is 23.1. The van der Waals surface area contributed by atoms with Gasteiger partial charge in [-0.1, -0.05) is 32.0 Å². The molecule has 41 heavy (non-hydrogen) atoms. The second-order valence-electron chi connectivity index (χ2n) is 9.98. The topological polar surface area (TPSA) is 274 Å². The number of aromatic nitrogens is 1. The fraction of sp³-hybridized carbons (Fsp3) is 0.462. The van der Waals surface area contributed by atoms with Crippen LogP contribution in [0.2, 0.25) is 0 Å². The van der Waals surface area contributed by atoms with Crippen molar-refractivity contribution >= 4 is 46.5 Å². The highest BCUT2D eigenvalue weighted by Gasteiger charge is 2.32. The minimum Gasteiger partial charge on any atom is -0.480 e. The monoisotopic (exact) mass is 573 g/mol. The first-order valence-corrected chi connectivity index (χ1v) is 13.1. The Bertz CT molecular complexity index is 1270. The number of para-hydroxylation sites is 1. The number of guanidine groups is 1. The number of nitrogens with one attached hydrogen (secondary N) is 4. The van der Waals surface area contributed by atoms with E-state index in [1.807, 2.05) is 24.3 Å². The number of nitrogens with two attached hydrogens (primary N) is 4. The van der Waals surface area contributed by atoms with Crippen LogP contribution in [-0.4, -0.2) is 76.4 Å². The van der Waals surface area contributed by atoms with Crippen LogP contribution in [-0.2, 0) is 30.4 Å². The summed E-state index contributed by atoms with van der Waals surface area (Å²) in [5.41, 5.74) is 23.7. The van der Waals surface area contributed by atoms with Crippen molar-refractivity contribution in [3.8, 4) is 0 Å². The Labute approximate surface area is 236 Å². The van der Waals surface area contributed by atoms with Crippen molar-refractivity contribution < 1.29 is 29.1 Å². The molecule has 2 aromatic rings. The van der Waals surface area contributed by atoms with Crippen molar-refractivity contribution in [1.29, 1.82) is 0 Å². The number of H-pyrrole nitrogens is 1. The van der Waals surface area contributed by atoms with E-state index in [2.05, 4.69) is 25.9 Å². The number of carboxylic acids is 1. The summed E-state index contributed by atoms with van der Waals surface area (Å²) in [5.74, 6) is -5.10. The number of carboxylic acid groups (broad SMARTS) is 1. The van der Waals surface area contributed by atoms with Gasteiger partial charge in [-0.2, -0.15) is 0 Å². The summed E-state index contributed by atoms with van der Waals surface area (Å²) >= 11 is 0. The number of aliphatic carboxylic acids is 1. The summed E-state index contributed by atoms with van der Waals surface area (Å²) in [6.07, 6.45) is 1.77. The molecule has 1 aromatic heterocycles. The number of carbonyl (C=O) groups excluding carboxylic acids is 4. The van der Waals surface area contributed by atoms with Crippen molar-refractivity contribution in [1.82, 2.24) is 20.9 Å². The molecule has 0 saturated carbocycles. The Morgan fingerprint density at radius 1 is 0.951 bits per heavy atom. The van der Waals surface area contributed by atoms with Crippen molar-refractivity contribution in [2.24, 2.45) is 33.8 Å². The summed E-state index contributed by atoms with van der Waals surface area (Å²) in [6.45, 7) is 3.46. The Balaban J connectivity index is 2.16. The minimum atomic E-state index is -1.57. The van der Waals surface area contributed by atoms with Crippen molar-refractivity contribution in [2.75, 3.05) is 6.54 Å². The number of benzene rings is 1. The highest BCUT2D eigenvalue weighted by atomic mass is 16.4. The molecule has 0 aliphatic rings. The van der Waals surface area contributed by atoms with Crippen LogP contribution in [0.15, 0.2) is 35.5 Å². The third kappa shape index (κ3) is 10.1. The highest BCUT2D eigenvalue weighted by Crippen LogP contribution is 2.19. The predicted octanol–water partition coefficient (Wildman–Crippen LogP) is -1.84. The lowest BCUT2D eigenvalue weighted by atomic mass is 10.0. The maximum Gasteiger partial charge on any atom is 0.326 e. The van der Waals surface area contributed by atoms with E-state index in [0.717, 1.165) is 16.5 Å². The molecule has 15 heteroatoms. The molecule has 0 radical (unpaired) electrons. The largest absolute Gasteiger partial charge is 0.480 e. The van der Waals surface area contributed by atoms with Crippen LogP contribution in [0.4, 0.5) is 0 Å². The quantitative estimate of drug-likeness (QED) is 0.0619. The number of nitrogens with zero attached hydrogens (tertiary/aromatic N) is 1. The van der Waals surface area contributed by atoms with Gasteiger partial charge in [-0.25, -0.2) is 4.79 Å². The molecule has 1 aromatic carbocycles. The molecule has 0 bridgehead atoms. The van der Waals surface area contributed by atoms with Crippen LogP contribution in [0.5, 0.6) is 0 Å². The average Bonchev–Trinajstić information content (AvgIpc) is 3.30. The average molecular weight is 574 g/mol. The summed E-state index contributed by atoms with van der Waals surface area (Å²) in [4.78, 5) is 68.9. The van der Waals surface area contributed by atoms with E-state index in [4.69, 9.17) is 22.9 Å². The Morgan fingerprint density at radius 3 is 2.22 bits per heavy atom. The van der Waals surface area contributed by atoms with Crippen molar-refractivity contribution in [3.63, 3.8) is 0 Å². The van der Waals surface area contributed by atoms with Gasteiger partial charge < -0.3 is 49.0 Å². The van der Waals surface area contributed by atoms with Gasteiger partial charge in [0.05, 0.1) is 12.5 Å². The summed E-state index contributed by atoms with van der Waals surface area (Å²) in [5, 5.41) is 17.7. The second-order valence-corrected chi connectivity index (χ2v) is 9.98. The number of fused-ring (bicyclic) bond motifs is 1. The number of primary amides is 1. The maximum atomic E-state index is 13.3. The van der Waals surface area contributed by atoms with Gasteiger partial charge in [0.2, 0.25) is 23.6 Å². The number of aliphatic imine (C=N–C) groups is 1. The fourth-order valence-corrected chi connectivity index (χ4v) is 4.13. The van der Waals surface area contributed by atoms with Gasteiger partial charge in [0, 0.05) is 23.6 Å². The summed E-state index contributed by atoms with van der Waals surface area (Å²) in [6, 6.07) is 2.69. The lowest BCUT2D eigenvalue weighted by Crippen LogP contribution is -2.58. The normalized spacial score (nSPS) is 14.0. The van der Waals surface area contributed by atoms with Gasteiger partial charge in [0.15, 0.2) is 5.96 Å². The Morgan fingerprint density at radius 2 is 1.61 bits per heavy atom. The number of hydrogen-bond acceptors (Lipinski definition) is 7. The molecule has 0 saturated heterocycles. The molecule has 15 nitrogen and oxygen atoms in total. The fourth-order valence-electron chi connectivity index (χ4n) is 4.13. The predicted molar refractivity (Wildman–Crippen MR) is 152 cm³/mol. The number of aromatic amines is 1. The number of rotatable bonds is 16. The van der Waals surface area contributed by atoms with E-state index in [0.29, 0.717) is 6.42 Å². The molecule has 2 rings (SSSR count). The lowest BCUT2D eigenvalue weighted by Gasteiger charge is -2.27. The van der Waals surface area contributed by atoms with E-state index in [9.17, 15) is 29.1 Å². The van der Waals surface area contributed by atoms with Crippen molar-refractivity contribution in [2.45, 2.75) is 63.7 Å². The first-order valence-electron chi connectivity index (χ1n) is 13.1. The third-order valence-electron chi connectivity index (χ3n) is 6.30. The first-order chi connectivity index (χ1) is 19.3. The second kappa shape index (κ2) is 15.2. The van der Waals surface area contributed by atoms with Crippen LogP contribution in [0.1, 0.15) is 38.7 Å². The van der Waals surface area contributed by atoms with Gasteiger partial charge in [-0.15, -0.1) is 0 Å². The molecular weight excluding hydrogens is 534 g/mol. The van der Waals surface area contributed by atoms with Gasteiger partial charge in [-0.3, -0.25) is 24.2 Å². The molecule has 13 N–H and O–H groups in total. The standard InChI is InChI=1S/C26H39N9O6/c1-13(2)21(24(39)34-19(25(40)41)11-20(28)36)35-23(38)18(8-5-9-31-26(29)30)33-22(37)16(27)10-14-12-32-17-7-4-3-6-15(14)17/h3-4,6-7,12-13,16,18-19,21,32H,5,8-11,27H2,1-2H3,(H2,28,36)(H,33,37)(H,34,39)(H,35,38)(H,40,41)(H4,29,30,31). The van der Waals surface area contributed by atoms with E-state index in [1.54, 1.807) is 20.0 Å².